The summed E-state index contributed by atoms with van der Waals surface area (Å²) >= 11 is 1.26. The monoisotopic (exact) mass is 451 g/mol. The van der Waals surface area contributed by atoms with E-state index in [-0.39, 0.29) is 12.0 Å². The van der Waals surface area contributed by atoms with E-state index < -0.39 is 17.7 Å². The lowest BCUT2D eigenvalue weighted by Gasteiger charge is -2.38. The Morgan fingerprint density at radius 1 is 1.23 bits per heavy atom. The summed E-state index contributed by atoms with van der Waals surface area (Å²) in [7, 11) is 0. The quantitative estimate of drug-likeness (QED) is 0.642. The lowest BCUT2D eigenvalue weighted by molar-refractivity contribution is 0.0715. The fourth-order valence-corrected chi connectivity index (χ4v) is 4.84. The zero-order chi connectivity index (χ0) is 22.1. The Kier molecular flexibility index (Phi) is 6.05. The zero-order valence-electron chi connectivity index (χ0n) is 17.2. The van der Waals surface area contributed by atoms with E-state index in [1.54, 1.807) is 11.8 Å². The molecule has 1 atom stereocenters. The number of hydrogen-bond acceptors (Lipinski definition) is 7. The number of carbonyl (C=O) groups excluding carboxylic acids is 1. The van der Waals surface area contributed by atoms with Crippen molar-refractivity contribution in [1.82, 2.24) is 24.4 Å². The number of nitrogens with zero attached hydrogens (tertiary/aromatic N) is 5. The number of aromatic nitrogens is 3. The molecule has 3 heterocycles. The summed E-state index contributed by atoms with van der Waals surface area (Å²) in [4.78, 5) is 21.1. The van der Waals surface area contributed by atoms with Crippen molar-refractivity contribution in [3.05, 3.63) is 46.1 Å². The Labute approximate surface area is 181 Å². The minimum absolute atomic E-state index is 0.0743. The molecule has 0 radical (unpaired) electrons. The van der Waals surface area contributed by atoms with Gasteiger partial charge in [-0.2, -0.15) is 4.52 Å². The van der Waals surface area contributed by atoms with Gasteiger partial charge in [0.2, 0.25) is 10.8 Å². The van der Waals surface area contributed by atoms with Crippen molar-refractivity contribution >= 4 is 22.4 Å². The summed E-state index contributed by atoms with van der Waals surface area (Å²) < 4.78 is 34.1. The molecule has 8 nitrogen and oxygen atoms in total. The van der Waals surface area contributed by atoms with Gasteiger partial charge in [-0.1, -0.05) is 24.3 Å². The first kappa shape index (κ1) is 21.4. The van der Waals surface area contributed by atoms with E-state index in [9.17, 15) is 18.7 Å². The molecular formula is C20H23F2N5O3S. The molecule has 4 rings (SSSR count). The Bertz CT molecular complexity index is 1090. The van der Waals surface area contributed by atoms with Crippen molar-refractivity contribution < 1.29 is 23.4 Å². The predicted octanol–water partition coefficient (Wildman–Crippen LogP) is 3.20. The Balaban J connectivity index is 1.69. The normalized spacial score (nSPS) is 16.1. The second kappa shape index (κ2) is 8.75. The molecule has 166 valence electrons. The molecule has 11 heteroatoms. The zero-order valence-corrected chi connectivity index (χ0v) is 18.0. The second-order valence-electron chi connectivity index (χ2n) is 7.16. The van der Waals surface area contributed by atoms with Gasteiger partial charge in [0, 0.05) is 32.6 Å². The number of aromatic hydroxyl groups is 1. The maximum absolute atomic E-state index is 14.1. The Hall–Kier alpha value is -2.79. The third kappa shape index (κ3) is 4.07. The summed E-state index contributed by atoms with van der Waals surface area (Å²) in [6, 6.07) is 3.19. The van der Waals surface area contributed by atoms with Crippen molar-refractivity contribution in [3.8, 4) is 5.88 Å². The van der Waals surface area contributed by atoms with Crippen LogP contribution in [0.3, 0.4) is 0 Å². The van der Waals surface area contributed by atoms with Crippen molar-refractivity contribution in [2.24, 2.45) is 0 Å². The van der Waals surface area contributed by atoms with E-state index >= 15 is 0 Å². The van der Waals surface area contributed by atoms with Gasteiger partial charge in [-0.05, 0) is 24.6 Å². The fraction of sp³-hybridized carbons (Fsp3) is 0.450. The lowest BCUT2D eigenvalue weighted by atomic mass is 10.0. The molecular weight excluding hydrogens is 428 g/mol. The van der Waals surface area contributed by atoms with E-state index in [0.717, 1.165) is 12.1 Å². The number of benzene rings is 1. The topological polar surface area (TPSA) is 83.2 Å². The summed E-state index contributed by atoms with van der Waals surface area (Å²) in [5.41, 5.74) is 0.499. The number of carbonyl (C=O) groups is 1. The van der Waals surface area contributed by atoms with Gasteiger partial charge in [0.1, 0.15) is 0 Å². The van der Waals surface area contributed by atoms with Crippen LogP contribution in [-0.4, -0.2) is 68.4 Å². The van der Waals surface area contributed by atoms with E-state index in [2.05, 4.69) is 10.1 Å². The third-order valence-corrected chi connectivity index (χ3v) is 6.35. The first-order valence-corrected chi connectivity index (χ1v) is 10.9. The molecule has 1 aliphatic rings. The second-order valence-corrected chi connectivity index (χ2v) is 8.17. The van der Waals surface area contributed by atoms with Crippen molar-refractivity contribution in [3.63, 3.8) is 0 Å². The molecule has 1 N–H and O–H groups in total. The summed E-state index contributed by atoms with van der Waals surface area (Å²) in [5.74, 6) is -1.36. The molecule has 1 fully saturated rings. The molecule has 1 aliphatic heterocycles. The molecule has 0 bridgehead atoms. The highest BCUT2D eigenvalue weighted by Gasteiger charge is 2.33. The van der Waals surface area contributed by atoms with Gasteiger partial charge in [-0.25, -0.2) is 18.6 Å². The van der Waals surface area contributed by atoms with Crippen LogP contribution >= 0.6 is 11.3 Å². The molecule has 3 aromatic rings. The minimum atomic E-state index is -0.958. The van der Waals surface area contributed by atoms with Crippen LogP contribution in [0.2, 0.25) is 0 Å². The number of halogens is 2. The highest BCUT2D eigenvalue weighted by Crippen LogP contribution is 2.40. The highest BCUT2D eigenvalue weighted by molar-refractivity contribution is 7.17. The number of rotatable bonds is 5. The summed E-state index contributed by atoms with van der Waals surface area (Å²) in [6.45, 7) is 5.74. The molecule has 0 aliphatic carbocycles. The van der Waals surface area contributed by atoms with Gasteiger partial charge in [-0.15, -0.1) is 5.10 Å². The van der Waals surface area contributed by atoms with E-state index in [1.165, 1.54) is 21.9 Å². The molecule has 0 saturated carbocycles. The average molecular weight is 451 g/mol. The number of ether oxygens (including phenoxy) is 1. The molecule has 0 unspecified atom stereocenters. The van der Waals surface area contributed by atoms with Crippen LogP contribution in [0.15, 0.2) is 18.2 Å². The largest absolute Gasteiger partial charge is 0.492 e. The molecule has 1 aromatic carbocycles. The van der Waals surface area contributed by atoms with Crippen LogP contribution in [0.5, 0.6) is 5.88 Å². The number of hydrogen-bond donors (Lipinski definition) is 1. The van der Waals surface area contributed by atoms with E-state index in [0.29, 0.717) is 60.4 Å². The van der Waals surface area contributed by atoms with Gasteiger partial charge >= 0.3 is 6.09 Å². The number of piperazine rings is 1. The van der Waals surface area contributed by atoms with Gasteiger partial charge in [0.05, 0.1) is 17.5 Å². The molecule has 1 amide bonds. The molecule has 31 heavy (non-hydrogen) atoms. The predicted molar refractivity (Wildman–Crippen MR) is 110 cm³/mol. The number of amides is 1. The first-order chi connectivity index (χ1) is 14.9. The average Bonchev–Trinajstić information content (AvgIpc) is 3.31. The van der Waals surface area contributed by atoms with Crippen LogP contribution < -0.4 is 0 Å². The van der Waals surface area contributed by atoms with Gasteiger partial charge in [-0.3, -0.25) is 4.90 Å². The standard InChI is InChI=1S/C20H23F2N5O3S/c1-3-15-23-19-27(24-15)18(28)17(31-19)16(12-5-6-13(21)14(22)11-12)25-7-9-26(10-8-25)20(29)30-4-2/h5-6,11,16,28H,3-4,7-10H2,1-2H3/t16-/m1/s1. The van der Waals surface area contributed by atoms with Crippen LogP contribution in [0.25, 0.3) is 4.96 Å². The smallest absolute Gasteiger partial charge is 0.409 e. The number of fused-ring (bicyclic) bond motifs is 1. The SMILES string of the molecule is CCOC(=O)N1CCN([C@H](c2ccc(F)c(F)c2)c2sc3nc(CC)nn3c2O)CC1. The third-order valence-electron chi connectivity index (χ3n) is 5.27. The molecule has 1 saturated heterocycles. The van der Waals surface area contributed by atoms with Crippen molar-refractivity contribution in [2.45, 2.75) is 26.3 Å². The molecule has 2 aromatic heterocycles. The van der Waals surface area contributed by atoms with Crippen LogP contribution in [0.1, 0.15) is 36.2 Å². The summed E-state index contributed by atoms with van der Waals surface area (Å²) in [6.07, 6.45) is 0.256. The van der Waals surface area contributed by atoms with Crippen molar-refractivity contribution in [2.75, 3.05) is 32.8 Å². The Morgan fingerprint density at radius 3 is 2.58 bits per heavy atom. The van der Waals surface area contributed by atoms with E-state index in [1.807, 2.05) is 11.8 Å². The van der Waals surface area contributed by atoms with Crippen LogP contribution in [-0.2, 0) is 11.2 Å². The van der Waals surface area contributed by atoms with E-state index in [4.69, 9.17) is 4.74 Å². The fourth-order valence-electron chi connectivity index (χ4n) is 3.71. The van der Waals surface area contributed by atoms with Gasteiger partial charge < -0.3 is 14.7 Å². The minimum Gasteiger partial charge on any atom is -0.492 e. The highest BCUT2D eigenvalue weighted by atomic mass is 32.1. The Morgan fingerprint density at radius 2 is 1.97 bits per heavy atom. The lowest BCUT2D eigenvalue weighted by Crippen LogP contribution is -2.50. The summed E-state index contributed by atoms with van der Waals surface area (Å²) in [5, 5.41) is 15.2. The van der Waals surface area contributed by atoms with Crippen molar-refractivity contribution in [1.29, 1.82) is 0 Å². The van der Waals surface area contributed by atoms with Gasteiger partial charge in [0.25, 0.3) is 0 Å². The number of thiazole rings is 1. The number of aryl methyl sites for hydroxylation is 1. The first-order valence-electron chi connectivity index (χ1n) is 10.1. The van der Waals surface area contributed by atoms with Gasteiger partial charge in [0.15, 0.2) is 17.5 Å². The molecule has 0 spiro atoms. The maximum Gasteiger partial charge on any atom is 0.409 e. The van der Waals surface area contributed by atoms with Crippen LogP contribution in [0, 0.1) is 11.6 Å². The van der Waals surface area contributed by atoms with Crippen LogP contribution in [0.4, 0.5) is 13.6 Å². The maximum atomic E-state index is 14.1.